The maximum absolute atomic E-state index is 6.00. The smallest absolute Gasteiger partial charge is 0.301 e. The molecule has 4 nitrogen and oxygen atoms in total. The van der Waals surface area contributed by atoms with Crippen molar-refractivity contribution in [1.82, 2.24) is 9.97 Å². The summed E-state index contributed by atoms with van der Waals surface area (Å²) in [5.41, 5.74) is 5.02. The number of hydrogen-bond donors (Lipinski definition) is 0. The van der Waals surface area contributed by atoms with Gasteiger partial charge in [0, 0.05) is 0 Å². The Morgan fingerprint density at radius 1 is 0.682 bits per heavy atom. The topological polar surface area (TPSA) is 52.1 Å². The van der Waals surface area contributed by atoms with E-state index in [9.17, 15) is 0 Å². The second-order valence-corrected chi connectivity index (χ2v) is 5.20. The Kier molecular flexibility index (Phi) is 2.82. The van der Waals surface area contributed by atoms with Gasteiger partial charge in [-0.2, -0.15) is 0 Å². The molecule has 2 aliphatic rings. The second kappa shape index (κ2) is 4.84. The summed E-state index contributed by atoms with van der Waals surface area (Å²) >= 11 is 0. The predicted molar refractivity (Wildman–Crippen MR) is 84.0 cm³/mol. The van der Waals surface area contributed by atoms with E-state index in [1.54, 1.807) is 0 Å². The van der Waals surface area contributed by atoms with Crippen LogP contribution in [0.25, 0.3) is 22.2 Å². The molecule has 0 N–H and O–H groups in total. The normalized spacial score (nSPS) is 11.2. The molecule has 0 atom stereocenters. The summed E-state index contributed by atoms with van der Waals surface area (Å²) in [7, 11) is 0. The van der Waals surface area contributed by atoms with Gasteiger partial charge in [-0.15, -0.1) is 0 Å². The lowest BCUT2D eigenvalue weighted by Crippen LogP contribution is -1.85. The van der Waals surface area contributed by atoms with Gasteiger partial charge in [-0.3, -0.25) is 0 Å². The number of aromatic nitrogens is 2. The van der Waals surface area contributed by atoms with E-state index in [0.29, 0.717) is 16.8 Å². The van der Waals surface area contributed by atoms with Crippen molar-refractivity contribution >= 4 is 22.2 Å². The molecule has 2 aromatic rings. The monoisotopic (exact) mass is 290 g/mol. The average Bonchev–Trinajstić information content (AvgIpc) is 2.73. The first-order valence-corrected chi connectivity index (χ1v) is 7.12. The van der Waals surface area contributed by atoms with Crippen LogP contribution in [0.5, 0.6) is 0 Å². The zero-order valence-corrected chi connectivity index (χ0v) is 12.3. The van der Waals surface area contributed by atoms with Crippen molar-refractivity contribution in [2.45, 2.75) is 13.8 Å². The van der Waals surface area contributed by atoms with Crippen LogP contribution in [0.3, 0.4) is 0 Å². The lowest BCUT2D eigenvalue weighted by atomic mass is 10.3. The fourth-order valence-electron chi connectivity index (χ4n) is 2.62. The third kappa shape index (κ3) is 2.00. The molecule has 0 unspecified atom stereocenters. The molecule has 0 amide bonds. The zero-order chi connectivity index (χ0) is 15.1. The highest BCUT2D eigenvalue weighted by Crippen LogP contribution is 2.17. The summed E-state index contributed by atoms with van der Waals surface area (Å²) in [6, 6.07) is 15.3. The molecule has 2 aromatic carbocycles. The van der Waals surface area contributed by atoms with Crippen LogP contribution in [0, 0.1) is 24.7 Å². The van der Waals surface area contributed by atoms with Crippen LogP contribution in [0.2, 0.25) is 0 Å². The second-order valence-electron chi connectivity index (χ2n) is 5.20. The van der Waals surface area contributed by atoms with Gasteiger partial charge in [-0.25, -0.2) is 9.97 Å². The zero-order valence-electron chi connectivity index (χ0n) is 12.3. The lowest BCUT2D eigenvalue weighted by Gasteiger charge is -1.91. The largest absolute Gasteiger partial charge is 0.423 e. The van der Waals surface area contributed by atoms with Gasteiger partial charge >= 0.3 is 5.61 Å². The number of aryl methyl sites for hydroxylation is 2. The number of rotatable bonds is 0. The van der Waals surface area contributed by atoms with Gasteiger partial charge in [-0.05, 0) is 38.1 Å². The Balaban J connectivity index is 2.36. The van der Waals surface area contributed by atoms with Crippen molar-refractivity contribution in [3.05, 3.63) is 70.7 Å². The van der Waals surface area contributed by atoms with Crippen molar-refractivity contribution < 1.29 is 8.83 Å². The van der Waals surface area contributed by atoms with Gasteiger partial charge in [-0.1, -0.05) is 24.3 Å². The maximum atomic E-state index is 6.00. The number of para-hydroxylation sites is 4. The van der Waals surface area contributed by atoms with E-state index in [2.05, 4.69) is 9.97 Å². The Labute approximate surface area is 126 Å². The molecular formula is C18H14N2O2. The minimum atomic E-state index is 0.428. The minimum absolute atomic E-state index is 0.428. The van der Waals surface area contributed by atoms with E-state index in [1.165, 1.54) is 0 Å². The molecule has 0 fully saturated rings. The molecule has 0 aromatic heterocycles. The van der Waals surface area contributed by atoms with Crippen LogP contribution in [0.4, 0.5) is 0 Å². The Morgan fingerprint density at radius 2 is 1.14 bits per heavy atom. The van der Waals surface area contributed by atoms with Crippen LogP contribution in [0.15, 0.2) is 57.4 Å². The van der Waals surface area contributed by atoms with E-state index in [1.807, 2.05) is 62.4 Å². The highest BCUT2D eigenvalue weighted by Gasteiger charge is 2.06. The van der Waals surface area contributed by atoms with Crippen molar-refractivity contribution in [3.8, 4) is 0 Å². The molecule has 2 heterocycles. The fraction of sp³-hybridized carbons (Fsp3) is 0.111. The summed E-state index contributed by atoms with van der Waals surface area (Å²) < 4.78 is 12.0. The standard InChI is InChI=1S/C18H14N2O2/c1-11-17-12(2)20-14-8-4-6-10-16(14)22-18(17)21-15-9-5-3-7-13(15)19-11/h3-10H,1-2H3. The van der Waals surface area contributed by atoms with Gasteiger partial charge in [0.15, 0.2) is 11.2 Å². The molecule has 0 spiro atoms. The number of fused-ring (bicyclic) bond motifs is 2. The Morgan fingerprint density at radius 3 is 1.64 bits per heavy atom. The number of hydrogen-bond acceptors (Lipinski definition) is 4. The molecule has 0 aliphatic carbocycles. The van der Waals surface area contributed by atoms with Crippen molar-refractivity contribution in [3.63, 3.8) is 0 Å². The van der Waals surface area contributed by atoms with Crippen LogP contribution in [-0.2, 0) is 0 Å². The van der Waals surface area contributed by atoms with E-state index >= 15 is 0 Å². The van der Waals surface area contributed by atoms with Gasteiger partial charge in [0.1, 0.15) is 11.0 Å². The molecule has 108 valence electrons. The Hall–Kier alpha value is -2.88. The van der Waals surface area contributed by atoms with E-state index < -0.39 is 0 Å². The third-order valence-electron chi connectivity index (χ3n) is 3.64. The average molecular weight is 290 g/mol. The molecule has 0 radical (unpaired) electrons. The van der Waals surface area contributed by atoms with Crippen molar-refractivity contribution in [2.24, 2.45) is 0 Å². The summed E-state index contributed by atoms with van der Waals surface area (Å²) in [5.74, 6) is 0. The first-order chi connectivity index (χ1) is 10.7. The summed E-state index contributed by atoms with van der Waals surface area (Å²) in [6.45, 7) is 3.89. The molecule has 4 heteroatoms. The number of benzene rings is 2. The van der Waals surface area contributed by atoms with Crippen LogP contribution in [-0.4, -0.2) is 9.97 Å². The number of nitrogens with zero attached hydrogens (tertiary/aromatic N) is 2. The van der Waals surface area contributed by atoms with E-state index in [0.717, 1.165) is 27.6 Å². The highest BCUT2D eigenvalue weighted by molar-refractivity contribution is 5.72. The third-order valence-corrected chi connectivity index (χ3v) is 3.64. The molecule has 0 bridgehead atoms. The van der Waals surface area contributed by atoms with E-state index in [-0.39, 0.29) is 0 Å². The Bertz CT molecular complexity index is 1020. The molecule has 2 aliphatic heterocycles. The fourth-order valence-corrected chi connectivity index (χ4v) is 2.62. The quantitative estimate of drug-likeness (QED) is 0.480. The maximum Gasteiger partial charge on any atom is 0.301 e. The first-order valence-electron chi connectivity index (χ1n) is 7.12. The molecule has 0 saturated carbocycles. The molecule has 4 rings (SSSR count). The van der Waals surface area contributed by atoms with Gasteiger partial charge in [0.25, 0.3) is 0 Å². The minimum Gasteiger partial charge on any atom is -0.423 e. The lowest BCUT2D eigenvalue weighted by molar-refractivity contribution is 0.388. The van der Waals surface area contributed by atoms with Crippen LogP contribution in [0.1, 0.15) is 11.4 Å². The van der Waals surface area contributed by atoms with Gasteiger partial charge in [0.2, 0.25) is 0 Å². The summed E-state index contributed by atoms with van der Waals surface area (Å²) in [6.07, 6.45) is 0. The summed E-state index contributed by atoms with van der Waals surface area (Å²) in [5, 5.41) is 0.799. The van der Waals surface area contributed by atoms with Crippen LogP contribution < -0.4 is 0 Å². The predicted octanol–water partition coefficient (Wildman–Crippen LogP) is 4.44. The van der Waals surface area contributed by atoms with E-state index in [4.69, 9.17) is 8.83 Å². The molecule has 22 heavy (non-hydrogen) atoms. The molecular weight excluding hydrogens is 276 g/mol. The first kappa shape index (κ1) is 12.8. The van der Waals surface area contributed by atoms with Crippen LogP contribution >= 0.6 is 0 Å². The van der Waals surface area contributed by atoms with Gasteiger partial charge in [0.05, 0.1) is 16.6 Å². The molecule has 0 saturated heterocycles. The van der Waals surface area contributed by atoms with Gasteiger partial charge < -0.3 is 8.83 Å². The summed E-state index contributed by atoms with van der Waals surface area (Å²) in [4.78, 5) is 9.30. The highest BCUT2D eigenvalue weighted by atomic mass is 16.5. The van der Waals surface area contributed by atoms with Crippen molar-refractivity contribution in [1.29, 1.82) is 0 Å². The SMILES string of the molecule is Cc1nc2ccccc2oc2oc3ccccc3nc(C)c1=2. The van der Waals surface area contributed by atoms with Crippen molar-refractivity contribution in [2.75, 3.05) is 0 Å².